The fraction of sp³-hybridized carbons (Fsp3) is 0.500. The van der Waals surface area contributed by atoms with E-state index in [0.717, 1.165) is 12.4 Å². The first kappa shape index (κ1) is 10.3. The molecule has 1 aromatic carbocycles. The Labute approximate surface area is 99.0 Å². The van der Waals surface area contributed by atoms with Crippen LogP contribution in [0.15, 0.2) is 24.3 Å². The Kier molecular flexibility index (Phi) is 3.00. The van der Waals surface area contributed by atoms with Gasteiger partial charge in [0.1, 0.15) is 5.75 Å². The van der Waals surface area contributed by atoms with Crippen LogP contribution in [0.4, 0.5) is 0 Å². The van der Waals surface area contributed by atoms with Crippen molar-refractivity contribution in [3.05, 3.63) is 27.8 Å². The van der Waals surface area contributed by atoms with Gasteiger partial charge in [-0.15, -0.1) is 0 Å². The molecule has 1 saturated carbocycles. The minimum atomic E-state index is 0.443. The van der Waals surface area contributed by atoms with Gasteiger partial charge in [-0.1, -0.05) is 25.5 Å². The van der Waals surface area contributed by atoms with Crippen LogP contribution in [0.25, 0.3) is 0 Å². The molecule has 0 atom stereocenters. The van der Waals surface area contributed by atoms with Crippen molar-refractivity contribution in [3.8, 4) is 5.75 Å². The van der Waals surface area contributed by atoms with Gasteiger partial charge in [0.25, 0.3) is 0 Å². The molecule has 14 heavy (non-hydrogen) atoms. The van der Waals surface area contributed by atoms with Gasteiger partial charge in [0.05, 0.1) is 10.2 Å². The first-order valence-corrected chi connectivity index (χ1v) is 6.15. The van der Waals surface area contributed by atoms with Crippen molar-refractivity contribution >= 4 is 22.6 Å². The van der Waals surface area contributed by atoms with Crippen LogP contribution >= 0.6 is 22.6 Å². The molecule has 0 radical (unpaired) electrons. The number of hydrogen-bond acceptors (Lipinski definition) is 1. The molecule has 0 spiro atoms. The number of ether oxygens (including phenoxy) is 1. The Bertz CT molecular complexity index is 318. The summed E-state index contributed by atoms with van der Waals surface area (Å²) in [5.74, 6) is 1.03. The van der Waals surface area contributed by atoms with Crippen LogP contribution in [0.1, 0.15) is 26.2 Å². The zero-order valence-electron chi connectivity index (χ0n) is 8.42. The van der Waals surface area contributed by atoms with Crippen LogP contribution in [0.5, 0.6) is 5.75 Å². The van der Waals surface area contributed by atoms with Crippen LogP contribution in [0.3, 0.4) is 0 Å². The zero-order valence-corrected chi connectivity index (χ0v) is 10.6. The first-order chi connectivity index (χ1) is 6.70. The van der Waals surface area contributed by atoms with Gasteiger partial charge in [-0.2, -0.15) is 0 Å². The van der Waals surface area contributed by atoms with Crippen LogP contribution in [0, 0.1) is 8.99 Å². The van der Waals surface area contributed by atoms with Crippen LogP contribution in [-0.4, -0.2) is 6.61 Å². The summed E-state index contributed by atoms with van der Waals surface area (Å²) in [6, 6.07) is 8.20. The maximum atomic E-state index is 5.84. The van der Waals surface area contributed by atoms with E-state index in [1.165, 1.54) is 22.8 Å². The molecule has 0 N–H and O–H groups in total. The van der Waals surface area contributed by atoms with Crippen molar-refractivity contribution in [2.75, 3.05) is 6.61 Å². The maximum absolute atomic E-state index is 5.84. The van der Waals surface area contributed by atoms with Crippen molar-refractivity contribution in [2.24, 2.45) is 5.41 Å². The second kappa shape index (κ2) is 4.09. The molecular weight excluding hydrogens is 287 g/mol. The van der Waals surface area contributed by atoms with Crippen molar-refractivity contribution in [1.29, 1.82) is 0 Å². The van der Waals surface area contributed by atoms with Crippen molar-refractivity contribution in [3.63, 3.8) is 0 Å². The quantitative estimate of drug-likeness (QED) is 0.770. The second-order valence-electron chi connectivity index (χ2n) is 4.38. The number of benzene rings is 1. The van der Waals surface area contributed by atoms with E-state index in [4.69, 9.17) is 4.74 Å². The Morgan fingerprint density at radius 2 is 2.07 bits per heavy atom. The average molecular weight is 302 g/mol. The molecular formula is C12H15IO. The molecule has 0 unspecified atom stereocenters. The van der Waals surface area contributed by atoms with E-state index in [-0.39, 0.29) is 0 Å². The highest BCUT2D eigenvalue weighted by molar-refractivity contribution is 14.1. The minimum absolute atomic E-state index is 0.443. The number of hydrogen-bond donors (Lipinski definition) is 0. The topological polar surface area (TPSA) is 9.23 Å². The largest absolute Gasteiger partial charge is 0.492 e. The van der Waals surface area contributed by atoms with Crippen LogP contribution in [-0.2, 0) is 0 Å². The average Bonchev–Trinajstić information content (AvgIpc) is 2.14. The monoisotopic (exact) mass is 302 g/mol. The summed E-state index contributed by atoms with van der Waals surface area (Å²) in [5.41, 5.74) is 0.443. The molecule has 2 rings (SSSR count). The molecule has 76 valence electrons. The SMILES string of the molecule is CC1(COc2ccccc2I)CCC1. The van der Waals surface area contributed by atoms with Gasteiger partial charge in [0, 0.05) is 5.41 Å². The Morgan fingerprint density at radius 1 is 1.36 bits per heavy atom. The predicted octanol–water partition coefficient (Wildman–Crippen LogP) is 3.86. The molecule has 0 amide bonds. The van der Waals surface area contributed by atoms with E-state index < -0.39 is 0 Å². The van der Waals surface area contributed by atoms with E-state index in [1.807, 2.05) is 18.2 Å². The summed E-state index contributed by atoms with van der Waals surface area (Å²) in [4.78, 5) is 0. The summed E-state index contributed by atoms with van der Waals surface area (Å²) in [7, 11) is 0. The Balaban J connectivity index is 1.95. The molecule has 0 bridgehead atoms. The van der Waals surface area contributed by atoms with Gasteiger partial charge in [0.2, 0.25) is 0 Å². The molecule has 1 aliphatic rings. The number of rotatable bonds is 3. The highest BCUT2D eigenvalue weighted by atomic mass is 127. The normalized spacial score (nSPS) is 18.7. The van der Waals surface area contributed by atoms with Gasteiger partial charge in [-0.05, 0) is 47.6 Å². The Morgan fingerprint density at radius 3 is 2.64 bits per heavy atom. The third-order valence-corrected chi connectivity index (χ3v) is 3.86. The van der Waals surface area contributed by atoms with Crippen LogP contribution in [0.2, 0.25) is 0 Å². The van der Waals surface area contributed by atoms with E-state index in [1.54, 1.807) is 0 Å². The first-order valence-electron chi connectivity index (χ1n) is 5.07. The van der Waals surface area contributed by atoms with E-state index in [9.17, 15) is 0 Å². The van der Waals surface area contributed by atoms with Gasteiger partial charge < -0.3 is 4.74 Å². The molecule has 0 aliphatic heterocycles. The van der Waals surface area contributed by atoms with Crippen molar-refractivity contribution in [2.45, 2.75) is 26.2 Å². The van der Waals surface area contributed by atoms with E-state index >= 15 is 0 Å². The zero-order chi connectivity index (χ0) is 10.0. The third-order valence-electron chi connectivity index (χ3n) is 2.97. The molecule has 1 aliphatic carbocycles. The van der Waals surface area contributed by atoms with Gasteiger partial charge in [-0.25, -0.2) is 0 Å². The molecule has 1 fully saturated rings. The fourth-order valence-electron chi connectivity index (χ4n) is 1.74. The number of halogens is 1. The lowest BCUT2D eigenvalue weighted by Gasteiger charge is -2.37. The Hall–Kier alpha value is -0.250. The van der Waals surface area contributed by atoms with Crippen molar-refractivity contribution in [1.82, 2.24) is 0 Å². The van der Waals surface area contributed by atoms with E-state index in [0.29, 0.717) is 5.41 Å². The lowest BCUT2D eigenvalue weighted by atomic mass is 9.71. The molecule has 2 heteroatoms. The molecule has 0 aromatic heterocycles. The van der Waals surface area contributed by atoms with Gasteiger partial charge in [-0.3, -0.25) is 0 Å². The summed E-state index contributed by atoms with van der Waals surface area (Å²) in [6.07, 6.45) is 4.00. The van der Waals surface area contributed by atoms with Gasteiger partial charge in [0.15, 0.2) is 0 Å². The smallest absolute Gasteiger partial charge is 0.132 e. The molecule has 0 saturated heterocycles. The third kappa shape index (κ3) is 2.22. The lowest BCUT2D eigenvalue weighted by Crippen LogP contribution is -2.32. The standard InChI is InChI=1S/C12H15IO/c1-12(7-4-8-12)9-14-11-6-3-2-5-10(11)13/h2-3,5-6H,4,7-9H2,1H3. The number of para-hydroxylation sites is 1. The van der Waals surface area contributed by atoms with E-state index in [2.05, 4.69) is 35.6 Å². The molecule has 1 aromatic rings. The minimum Gasteiger partial charge on any atom is -0.492 e. The summed E-state index contributed by atoms with van der Waals surface area (Å²) >= 11 is 2.32. The predicted molar refractivity (Wildman–Crippen MR) is 66.6 cm³/mol. The highest BCUT2D eigenvalue weighted by Gasteiger charge is 2.32. The van der Waals surface area contributed by atoms with Crippen molar-refractivity contribution < 1.29 is 4.74 Å². The summed E-state index contributed by atoms with van der Waals surface area (Å²) in [5, 5.41) is 0. The van der Waals surface area contributed by atoms with Gasteiger partial charge >= 0.3 is 0 Å². The lowest BCUT2D eigenvalue weighted by molar-refractivity contribution is 0.0771. The molecule has 1 nitrogen and oxygen atoms in total. The summed E-state index contributed by atoms with van der Waals surface area (Å²) < 4.78 is 7.04. The maximum Gasteiger partial charge on any atom is 0.132 e. The van der Waals surface area contributed by atoms with Crippen LogP contribution < -0.4 is 4.74 Å². The highest BCUT2D eigenvalue weighted by Crippen LogP contribution is 2.40. The summed E-state index contributed by atoms with van der Waals surface area (Å²) in [6.45, 7) is 3.18. The fourth-order valence-corrected chi connectivity index (χ4v) is 2.28. The molecule has 0 heterocycles. The second-order valence-corrected chi connectivity index (χ2v) is 5.55.